The number of piperidine rings is 1. The predicted octanol–water partition coefficient (Wildman–Crippen LogP) is 3.13. The highest BCUT2D eigenvalue weighted by Crippen LogP contribution is 2.25. The van der Waals surface area contributed by atoms with E-state index >= 15 is 0 Å². The number of ether oxygens (including phenoxy) is 1. The van der Waals surface area contributed by atoms with Gasteiger partial charge in [-0.3, -0.25) is 4.79 Å². The number of hydrogen-bond acceptors (Lipinski definition) is 7. The van der Waals surface area contributed by atoms with Crippen molar-refractivity contribution >= 4 is 11.9 Å². The maximum Gasteiger partial charge on any atom is 0.324 e. The third-order valence-electron chi connectivity index (χ3n) is 5.78. The second-order valence-corrected chi connectivity index (χ2v) is 8.30. The van der Waals surface area contributed by atoms with Crippen molar-refractivity contribution < 1.29 is 19.2 Å². The molecule has 1 aliphatic rings. The topological polar surface area (TPSA) is 101 Å². The Kier molecular flexibility index (Phi) is 8.28. The summed E-state index contributed by atoms with van der Waals surface area (Å²) in [6.45, 7) is 8.17. The van der Waals surface area contributed by atoms with Gasteiger partial charge >= 0.3 is 6.01 Å². The van der Waals surface area contributed by atoms with Gasteiger partial charge in [0.15, 0.2) is 5.82 Å². The molecule has 1 aromatic heterocycles. The molecular formula is C23H34N4O4. The second kappa shape index (κ2) is 11.1. The summed E-state index contributed by atoms with van der Waals surface area (Å²) < 4.78 is 11.2. The van der Waals surface area contributed by atoms with Crippen molar-refractivity contribution in [2.24, 2.45) is 5.92 Å². The number of amides is 1. The van der Waals surface area contributed by atoms with Crippen LogP contribution in [-0.4, -0.2) is 53.5 Å². The zero-order chi connectivity index (χ0) is 22.2. The molecule has 0 bridgehead atoms. The Bertz CT molecular complexity index is 846. The van der Waals surface area contributed by atoms with Gasteiger partial charge in [-0.25, -0.2) is 0 Å². The summed E-state index contributed by atoms with van der Waals surface area (Å²) in [5.41, 5.74) is 1.46. The standard InChI is InChI=1S/C23H34N4O4/c1-4-21-25-23(31-26-21)27-11-9-18(10-12-27)6-5-13-30-19-7-8-20(16(2)14-19)22(29)24-17(3)15-28/h7-8,14,17-18,28H,4-6,9-13,15H2,1-3H3,(H,24,29). The lowest BCUT2D eigenvalue weighted by Gasteiger charge is -2.30. The molecule has 3 rings (SSSR count). The van der Waals surface area contributed by atoms with E-state index in [0.29, 0.717) is 24.1 Å². The monoisotopic (exact) mass is 430 g/mol. The van der Waals surface area contributed by atoms with Crippen LogP contribution in [0.25, 0.3) is 0 Å². The first-order valence-electron chi connectivity index (χ1n) is 11.2. The number of anilines is 1. The Balaban J connectivity index is 1.37. The molecule has 8 nitrogen and oxygen atoms in total. The molecule has 31 heavy (non-hydrogen) atoms. The average Bonchev–Trinajstić information content (AvgIpc) is 3.26. The van der Waals surface area contributed by atoms with E-state index in [1.165, 1.54) is 0 Å². The van der Waals surface area contributed by atoms with Crippen LogP contribution in [0, 0.1) is 12.8 Å². The first kappa shape index (κ1) is 23.1. The van der Waals surface area contributed by atoms with Crippen molar-refractivity contribution in [3.63, 3.8) is 0 Å². The molecule has 1 amide bonds. The normalized spacial score (nSPS) is 15.7. The number of benzene rings is 1. The van der Waals surface area contributed by atoms with Gasteiger partial charge in [-0.15, -0.1) is 0 Å². The van der Waals surface area contributed by atoms with Crippen LogP contribution in [0.15, 0.2) is 22.7 Å². The molecule has 1 fully saturated rings. The zero-order valence-electron chi connectivity index (χ0n) is 18.8. The molecule has 1 aliphatic heterocycles. The first-order chi connectivity index (χ1) is 15.0. The highest BCUT2D eigenvalue weighted by atomic mass is 16.5. The lowest BCUT2D eigenvalue weighted by atomic mass is 9.92. The van der Waals surface area contributed by atoms with Gasteiger partial charge in [-0.2, -0.15) is 4.98 Å². The van der Waals surface area contributed by atoms with E-state index in [1.807, 2.05) is 26.0 Å². The summed E-state index contributed by atoms with van der Waals surface area (Å²) in [5, 5.41) is 15.8. The van der Waals surface area contributed by atoms with Gasteiger partial charge in [0.25, 0.3) is 5.91 Å². The van der Waals surface area contributed by atoms with Crippen molar-refractivity contribution in [1.29, 1.82) is 0 Å². The van der Waals surface area contributed by atoms with E-state index in [0.717, 1.165) is 62.3 Å². The van der Waals surface area contributed by atoms with Crippen LogP contribution in [0.1, 0.15) is 61.3 Å². The van der Waals surface area contributed by atoms with Gasteiger partial charge in [-0.05, 0) is 69.2 Å². The molecule has 2 heterocycles. The number of nitrogens with one attached hydrogen (secondary N) is 1. The van der Waals surface area contributed by atoms with Gasteiger partial charge in [-0.1, -0.05) is 12.1 Å². The summed E-state index contributed by atoms with van der Waals surface area (Å²) in [6, 6.07) is 5.89. The van der Waals surface area contributed by atoms with Crippen LogP contribution in [0.4, 0.5) is 6.01 Å². The van der Waals surface area contributed by atoms with E-state index < -0.39 is 0 Å². The Morgan fingerprint density at radius 1 is 1.39 bits per heavy atom. The van der Waals surface area contributed by atoms with Crippen LogP contribution in [0.3, 0.4) is 0 Å². The third-order valence-corrected chi connectivity index (χ3v) is 5.78. The minimum Gasteiger partial charge on any atom is -0.494 e. The smallest absolute Gasteiger partial charge is 0.324 e. The number of aromatic nitrogens is 2. The molecule has 8 heteroatoms. The molecule has 0 spiro atoms. The molecule has 1 unspecified atom stereocenters. The molecule has 2 N–H and O–H groups in total. The van der Waals surface area contributed by atoms with Gasteiger partial charge in [0, 0.05) is 31.1 Å². The van der Waals surface area contributed by atoms with E-state index in [9.17, 15) is 4.79 Å². The van der Waals surface area contributed by atoms with Crippen molar-refractivity contribution in [3.8, 4) is 5.75 Å². The molecular weight excluding hydrogens is 396 g/mol. The molecule has 2 aromatic rings. The van der Waals surface area contributed by atoms with Crippen LogP contribution in [0.2, 0.25) is 0 Å². The number of aliphatic hydroxyl groups excluding tert-OH is 1. The number of hydrogen-bond donors (Lipinski definition) is 2. The van der Waals surface area contributed by atoms with E-state index in [4.69, 9.17) is 14.4 Å². The van der Waals surface area contributed by atoms with Crippen molar-refractivity contribution in [1.82, 2.24) is 15.5 Å². The summed E-state index contributed by atoms with van der Waals surface area (Å²) >= 11 is 0. The molecule has 1 atom stereocenters. The summed E-state index contributed by atoms with van der Waals surface area (Å²) in [4.78, 5) is 18.8. The SMILES string of the molecule is CCc1noc(N2CCC(CCCOc3ccc(C(=O)NC(C)CO)c(C)c3)CC2)n1. The third kappa shape index (κ3) is 6.43. The van der Waals surface area contributed by atoms with Crippen LogP contribution >= 0.6 is 0 Å². The van der Waals surface area contributed by atoms with Crippen LogP contribution in [0.5, 0.6) is 5.75 Å². The van der Waals surface area contributed by atoms with E-state index in [-0.39, 0.29) is 18.6 Å². The van der Waals surface area contributed by atoms with Gasteiger partial charge < -0.3 is 24.6 Å². The largest absolute Gasteiger partial charge is 0.494 e. The number of carbonyl (C=O) groups excluding carboxylic acids is 1. The summed E-state index contributed by atoms with van der Waals surface area (Å²) in [5.74, 6) is 2.05. The summed E-state index contributed by atoms with van der Waals surface area (Å²) in [7, 11) is 0. The zero-order valence-corrected chi connectivity index (χ0v) is 18.8. The molecule has 0 radical (unpaired) electrons. The molecule has 0 saturated carbocycles. The highest BCUT2D eigenvalue weighted by Gasteiger charge is 2.22. The number of nitrogens with zero attached hydrogens (tertiary/aromatic N) is 3. The second-order valence-electron chi connectivity index (χ2n) is 8.30. The van der Waals surface area contributed by atoms with Crippen molar-refractivity contribution in [3.05, 3.63) is 35.2 Å². The predicted molar refractivity (Wildman–Crippen MR) is 119 cm³/mol. The minimum absolute atomic E-state index is 0.0816. The lowest BCUT2D eigenvalue weighted by Crippen LogP contribution is -2.35. The fraction of sp³-hybridized carbons (Fsp3) is 0.609. The molecule has 1 aromatic carbocycles. The number of rotatable bonds is 10. The van der Waals surface area contributed by atoms with Crippen LogP contribution < -0.4 is 15.0 Å². The molecule has 1 saturated heterocycles. The van der Waals surface area contributed by atoms with Gasteiger partial charge in [0.2, 0.25) is 0 Å². The number of carbonyl (C=O) groups is 1. The Labute approximate surface area is 184 Å². The lowest BCUT2D eigenvalue weighted by molar-refractivity contribution is 0.0921. The molecule has 170 valence electrons. The quantitative estimate of drug-likeness (QED) is 0.559. The number of aliphatic hydroxyl groups is 1. The Morgan fingerprint density at radius 3 is 2.81 bits per heavy atom. The number of aryl methyl sites for hydroxylation is 2. The fourth-order valence-electron chi connectivity index (χ4n) is 3.82. The van der Waals surface area contributed by atoms with E-state index in [2.05, 4.69) is 20.4 Å². The fourth-order valence-corrected chi connectivity index (χ4v) is 3.82. The molecule has 0 aliphatic carbocycles. The van der Waals surface area contributed by atoms with Crippen LogP contribution in [-0.2, 0) is 6.42 Å². The van der Waals surface area contributed by atoms with Crippen molar-refractivity contribution in [2.75, 3.05) is 31.2 Å². The highest BCUT2D eigenvalue weighted by molar-refractivity contribution is 5.95. The Morgan fingerprint density at radius 2 is 2.16 bits per heavy atom. The maximum atomic E-state index is 12.2. The Hall–Kier alpha value is -2.61. The van der Waals surface area contributed by atoms with E-state index in [1.54, 1.807) is 13.0 Å². The minimum atomic E-state index is -0.268. The summed E-state index contributed by atoms with van der Waals surface area (Å²) in [6.07, 6.45) is 5.17. The van der Waals surface area contributed by atoms with Gasteiger partial charge in [0.1, 0.15) is 5.75 Å². The maximum absolute atomic E-state index is 12.2. The average molecular weight is 431 g/mol. The first-order valence-corrected chi connectivity index (χ1v) is 11.2. The van der Waals surface area contributed by atoms with Crippen molar-refractivity contribution in [2.45, 2.75) is 58.9 Å². The van der Waals surface area contributed by atoms with Gasteiger partial charge in [0.05, 0.1) is 13.2 Å².